The molecule has 3 N–H and O–H groups in total. The standard InChI is InChI=1S/C18H26N4O4S/c1-13(23)21-7-9-22(10-8-21)27(25,26)16-4-2-3-15(11-16)18(24)20-17(12-19)14-5-6-14/h2-4,11,14,17H,5-10,12,19H2,1H3,(H,20,24). The number of benzene rings is 1. The third-order valence-electron chi connectivity index (χ3n) is 5.18. The Hall–Kier alpha value is -1.97. The molecule has 148 valence electrons. The van der Waals surface area contributed by atoms with E-state index in [0.717, 1.165) is 12.8 Å². The summed E-state index contributed by atoms with van der Waals surface area (Å²) >= 11 is 0. The lowest BCUT2D eigenvalue weighted by atomic mass is 10.1. The summed E-state index contributed by atoms with van der Waals surface area (Å²) in [5, 5.41) is 2.90. The van der Waals surface area contributed by atoms with Gasteiger partial charge in [0.2, 0.25) is 15.9 Å². The molecule has 2 aliphatic rings. The fraction of sp³-hybridized carbons (Fsp3) is 0.556. The number of sulfonamides is 1. The van der Waals surface area contributed by atoms with Crippen molar-refractivity contribution in [2.24, 2.45) is 11.7 Å². The highest BCUT2D eigenvalue weighted by Crippen LogP contribution is 2.32. The van der Waals surface area contributed by atoms with Crippen LogP contribution in [0.1, 0.15) is 30.1 Å². The van der Waals surface area contributed by atoms with E-state index in [4.69, 9.17) is 5.73 Å². The summed E-state index contributed by atoms with van der Waals surface area (Å²) in [6.45, 7) is 3.07. The van der Waals surface area contributed by atoms with Crippen molar-refractivity contribution in [1.82, 2.24) is 14.5 Å². The summed E-state index contributed by atoms with van der Waals surface area (Å²) in [5.41, 5.74) is 6.03. The lowest BCUT2D eigenvalue weighted by Gasteiger charge is -2.33. The Bertz CT molecular complexity index is 814. The van der Waals surface area contributed by atoms with Gasteiger partial charge in [-0.2, -0.15) is 4.31 Å². The van der Waals surface area contributed by atoms with Crippen LogP contribution < -0.4 is 11.1 Å². The molecule has 1 aromatic carbocycles. The van der Waals surface area contributed by atoms with Crippen molar-refractivity contribution in [3.8, 4) is 0 Å². The molecular weight excluding hydrogens is 368 g/mol. The third-order valence-corrected chi connectivity index (χ3v) is 7.07. The van der Waals surface area contributed by atoms with E-state index in [1.807, 2.05) is 0 Å². The molecule has 0 radical (unpaired) electrons. The summed E-state index contributed by atoms with van der Waals surface area (Å²) in [7, 11) is -3.71. The van der Waals surface area contributed by atoms with Gasteiger partial charge in [0.15, 0.2) is 0 Å². The van der Waals surface area contributed by atoms with E-state index >= 15 is 0 Å². The predicted molar refractivity (Wildman–Crippen MR) is 100 cm³/mol. The van der Waals surface area contributed by atoms with Gasteiger partial charge in [-0.05, 0) is 37.0 Å². The second kappa shape index (κ2) is 7.95. The highest BCUT2D eigenvalue weighted by Gasteiger charge is 2.32. The first-order valence-corrected chi connectivity index (χ1v) is 10.6. The maximum Gasteiger partial charge on any atom is 0.251 e. The van der Waals surface area contributed by atoms with Crippen molar-refractivity contribution in [3.05, 3.63) is 29.8 Å². The van der Waals surface area contributed by atoms with Crippen LogP contribution in [0.15, 0.2) is 29.2 Å². The largest absolute Gasteiger partial charge is 0.348 e. The van der Waals surface area contributed by atoms with Crippen molar-refractivity contribution >= 4 is 21.8 Å². The predicted octanol–water partition coefficient (Wildman–Crippen LogP) is 0.00650. The SMILES string of the molecule is CC(=O)N1CCN(S(=O)(=O)c2cccc(C(=O)NC(CN)C3CC3)c2)CC1. The molecule has 1 aliphatic heterocycles. The van der Waals surface area contributed by atoms with Gasteiger partial charge in [-0.1, -0.05) is 6.07 Å². The van der Waals surface area contributed by atoms with Crippen molar-refractivity contribution in [1.29, 1.82) is 0 Å². The lowest BCUT2D eigenvalue weighted by molar-refractivity contribution is -0.129. The molecule has 1 heterocycles. The molecule has 1 aromatic rings. The van der Waals surface area contributed by atoms with Crippen LogP contribution in [0.2, 0.25) is 0 Å². The summed E-state index contributed by atoms with van der Waals surface area (Å²) in [5.74, 6) is 0.0510. The highest BCUT2D eigenvalue weighted by molar-refractivity contribution is 7.89. The van der Waals surface area contributed by atoms with Crippen LogP contribution in [-0.2, 0) is 14.8 Å². The Morgan fingerprint density at radius 3 is 2.44 bits per heavy atom. The summed E-state index contributed by atoms with van der Waals surface area (Å²) in [6.07, 6.45) is 2.12. The van der Waals surface area contributed by atoms with E-state index in [-0.39, 0.29) is 35.8 Å². The van der Waals surface area contributed by atoms with Gasteiger partial charge in [-0.15, -0.1) is 0 Å². The summed E-state index contributed by atoms with van der Waals surface area (Å²) in [4.78, 5) is 25.6. The van der Waals surface area contributed by atoms with Crippen LogP contribution in [0.5, 0.6) is 0 Å². The quantitative estimate of drug-likeness (QED) is 0.706. The molecule has 2 fully saturated rings. The average molecular weight is 394 g/mol. The van der Waals surface area contributed by atoms with Crippen LogP contribution in [0.3, 0.4) is 0 Å². The topological polar surface area (TPSA) is 113 Å². The molecule has 0 spiro atoms. The van der Waals surface area contributed by atoms with Crippen LogP contribution >= 0.6 is 0 Å². The fourth-order valence-corrected chi connectivity index (χ4v) is 4.78. The number of rotatable bonds is 6. The molecule has 9 heteroatoms. The van der Waals surface area contributed by atoms with Crippen molar-refractivity contribution in [3.63, 3.8) is 0 Å². The monoisotopic (exact) mass is 394 g/mol. The molecule has 8 nitrogen and oxygen atoms in total. The molecule has 1 saturated heterocycles. The Labute approximate surface area is 159 Å². The first-order valence-electron chi connectivity index (χ1n) is 9.19. The molecule has 2 amide bonds. The maximum atomic E-state index is 12.9. The molecule has 1 saturated carbocycles. The highest BCUT2D eigenvalue weighted by atomic mass is 32.2. The third kappa shape index (κ3) is 4.48. The number of hydrogen-bond acceptors (Lipinski definition) is 5. The minimum absolute atomic E-state index is 0.0594. The van der Waals surface area contributed by atoms with Gasteiger partial charge >= 0.3 is 0 Å². The molecule has 1 unspecified atom stereocenters. The molecule has 0 aromatic heterocycles. The average Bonchev–Trinajstić information content (AvgIpc) is 3.51. The fourth-order valence-electron chi connectivity index (χ4n) is 3.31. The zero-order valence-electron chi connectivity index (χ0n) is 15.4. The van der Waals surface area contributed by atoms with Crippen molar-refractivity contribution in [2.75, 3.05) is 32.7 Å². The number of nitrogens with two attached hydrogens (primary N) is 1. The van der Waals surface area contributed by atoms with Gasteiger partial charge in [-0.25, -0.2) is 8.42 Å². The molecule has 0 bridgehead atoms. The molecule has 1 atom stereocenters. The van der Waals surface area contributed by atoms with Crippen LogP contribution in [-0.4, -0.2) is 68.2 Å². The first kappa shape index (κ1) is 19.8. The zero-order chi connectivity index (χ0) is 19.6. The Morgan fingerprint density at radius 1 is 1.22 bits per heavy atom. The Morgan fingerprint density at radius 2 is 1.89 bits per heavy atom. The van der Waals surface area contributed by atoms with E-state index in [1.54, 1.807) is 17.0 Å². The first-order chi connectivity index (χ1) is 12.8. The summed E-state index contributed by atoms with van der Waals surface area (Å²) in [6, 6.07) is 6.00. The Balaban J connectivity index is 1.72. The second-order valence-electron chi connectivity index (χ2n) is 7.09. The number of hydrogen-bond donors (Lipinski definition) is 2. The van der Waals surface area contributed by atoms with Gasteiger partial charge in [0.05, 0.1) is 4.90 Å². The number of piperazine rings is 1. The summed E-state index contributed by atoms with van der Waals surface area (Å²) < 4.78 is 27.2. The number of nitrogens with one attached hydrogen (secondary N) is 1. The van der Waals surface area contributed by atoms with Crippen LogP contribution in [0, 0.1) is 5.92 Å². The smallest absolute Gasteiger partial charge is 0.251 e. The number of amides is 2. The van der Waals surface area contributed by atoms with E-state index in [9.17, 15) is 18.0 Å². The van der Waals surface area contributed by atoms with Gasteiger partial charge in [0.25, 0.3) is 5.91 Å². The van der Waals surface area contributed by atoms with Gasteiger partial charge < -0.3 is 16.0 Å². The van der Waals surface area contributed by atoms with Gasteiger partial charge in [0.1, 0.15) is 0 Å². The normalized spacial score (nSPS) is 19.6. The number of carbonyl (C=O) groups is 2. The van der Waals surface area contributed by atoms with E-state index in [1.165, 1.54) is 23.4 Å². The lowest BCUT2D eigenvalue weighted by Crippen LogP contribution is -2.49. The van der Waals surface area contributed by atoms with E-state index in [0.29, 0.717) is 31.1 Å². The maximum absolute atomic E-state index is 12.9. The number of carbonyl (C=O) groups excluding carboxylic acids is 2. The zero-order valence-corrected chi connectivity index (χ0v) is 16.2. The van der Waals surface area contributed by atoms with Crippen LogP contribution in [0.4, 0.5) is 0 Å². The van der Waals surface area contributed by atoms with Crippen molar-refractivity contribution < 1.29 is 18.0 Å². The van der Waals surface area contributed by atoms with Crippen molar-refractivity contribution in [2.45, 2.75) is 30.7 Å². The molecule has 3 rings (SSSR count). The van der Waals surface area contributed by atoms with E-state index in [2.05, 4.69) is 5.32 Å². The van der Waals surface area contributed by atoms with Gasteiger partial charge in [-0.3, -0.25) is 9.59 Å². The van der Waals surface area contributed by atoms with E-state index < -0.39 is 10.0 Å². The van der Waals surface area contributed by atoms with Gasteiger partial charge in [0, 0.05) is 51.3 Å². The molecule has 27 heavy (non-hydrogen) atoms. The number of nitrogens with zero attached hydrogens (tertiary/aromatic N) is 2. The minimum Gasteiger partial charge on any atom is -0.348 e. The molecule has 1 aliphatic carbocycles. The van der Waals surface area contributed by atoms with Crippen LogP contribution in [0.25, 0.3) is 0 Å². The second-order valence-corrected chi connectivity index (χ2v) is 9.03. The minimum atomic E-state index is -3.71. The molecular formula is C18H26N4O4S. The Kier molecular flexibility index (Phi) is 5.83.